The van der Waals surface area contributed by atoms with Crippen LogP contribution in [0.15, 0.2) is 243 Å². The first-order valence-corrected chi connectivity index (χ1v) is 46.1. The van der Waals surface area contributed by atoms with Crippen LogP contribution in [0, 0.1) is 0 Å². The molecule has 0 bridgehead atoms. The van der Waals surface area contributed by atoms with Gasteiger partial charge in [0.05, 0.1) is 0 Å². The molecule has 0 N–H and O–H groups in total. The number of rotatable bonds is 22. The van der Waals surface area contributed by atoms with Gasteiger partial charge in [-0.2, -0.15) is 0 Å². The zero-order valence-corrected chi connectivity index (χ0v) is 49.8. The van der Waals surface area contributed by atoms with E-state index in [4.69, 9.17) is 8.97 Å². The van der Waals surface area contributed by atoms with Gasteiger partial charge in [-0.3, -0.25) is 0 Å². The Morgan fingerprint density at radius 1 is 0.258 bits per heavy atom. The Morgan fingerprint density at radius 2 is 0.424 bits per heavy atom. The van der Waals surface area contributed by atoms with Crippen LogP contribution in [0.25, 0.3) is 0 Å². The van der Waals surface area contributed by atoms with E-state index in [0.29, 0.717) is 0 Å². The molecule has 0 heterocycles. The van der Waals surface area contributed by atoms with E-state index in [1.807, 2.05) is 14.2 Å². The summed E-state index contributed by atoms with van der Waals surface area (Å²) in [6, 6.07) is 86.5. The van der Waals surface area contributed by atoms with E-state index in [1.165, 1.54) is 44.5 Å². The summed E-state index contributed by atoms with van der Waals surface area (Å²) >= 11 is -11.7. The van der Waals surface area contributed by atoms with Crippen LogP contribution >= 0.6 is 0 Å². The number of benzene rings is 8. The maximum atomic E-state index is 7.39. The first-order valence-electron chi connectivity index (χ1n) is 23.0. The van der Waals surface area contributed by atoms with E-state index in [9.17, 15) is 0 Å². The van der Waals surface area contributed by atoms with Crippen LogP contribution in [-0.4, -0.2) is 93.0 Å². The molecule has 8 rings (SSSR count). The fourth-order valence-corrected chi connectivity index (χ4v) is 68.6. The summed E-state index contributed by atoms with van der Waals surface area (Å²) in [6.07, 6.45) is 0. The summed E-state index contributed by atoms with van der Waals surface area (Å²) in [6.45, 7) is 0. The van der Waals surface area contributed by atoms with E-state index in [-0.39, 0.29) is 0 Å². The molecular weight excluding hydrogens is 1240 g/mol. The van der Waals surface area contributed by atoms with Gasteiger partial charge in [-0.25, -0.2) is 0 Å². The SMILES string of the molecule is C[O][Sn]([CH2]c1ccccc1)([CH2]c1ccccc1)[O][Sn]([CH2]c1ccccc1)[CH2]c1ccccc1.C[O][Sn]([CH2]c1ccccc1)([CH2]c1ccccc1)[O][Sn]([CH2]c1ccccc1)[CH2]c1ccccc1. The molecule has 8 aromatic carbocycles. The van der Waals surface area contributed by atoms with Crippen LogP contribution < -0.4 is 0 Å². The van der Waals surface area contributed by atoms with Crippen molar-refractivity contribution in [3.63, 3.8) is 0 Å². The van der Waals surface area contributed by atoms with Crippen molar-refractivity contribution in [1.82, 2.24) is 0 Å². The minimum absolute atomic E-state index is 0.939. The van der Waals surface area contributed by atoms with E-state index < -0.39 is 78.8 Å². The van der Waals surface area contributed by atoms with Gasteiger partial charge in [-0.1, -0.05) is 0 Å². The van der Waals surface area contributed by atoms with Crippen molar-refractivity contribution in [3.8, 4) is 0 Å². The summed E-state index contributed by atoms with van der Waals surface area (Å²) < 4.78 is 35.8. The molecule has 0 unspecified atom stereocenters. The molecule has 0 aromatic heterocycles. The monoisotopic (exact) mass is 1300 g/mol. The quantitative estimate of drug-likeness (QED) is 0.0634. The van der Waals surface area contributed by atoms with Gasteiger partial charge in [0.2, 0.25) is 0 Å². The predicted molar refractivity (Wildman–Crippen MR) is 280 cm³/mol. The zero-order chi connectivity index (χ0) is 45.5. The van der Waals surface area contributed by atoms with Crippen LogP contribution in [0.4, 0.5) is 0 Å². The van der Waals surface area contributed by atoms with Crippen LogP contribution in [0.5, 0.6) is 0 Å². The Bertz CT molecular complexity index is 2160. The molecule has 0 saturated carbocycles. The second-order valence-electron chi connectivity index (χ2n) is 16.8. The summed E-state index contributed by atoms with van der Waals surface area (Å²) in [7, 11) is 3.79. The van der Waals surface area contributed by atoms with Gasteiger partial charge < -0.3 is 0 Å². The molecular formula is C58H62O4Sn4. The molecule has 0 saturated heterocycles. The first kappa shape index (κ1) is 50.7. The van der Waals surface area contributed by atoms with Gasteiger partial charge >= 0.3 is 425 Å². The third-order valence-electron chi connectivity index (χ3n) is 11.6. The van der Waals surface area contributed by atoms with Crippen molar-refractivity contribution in [1.29, 1.82) is 0 Å². The molecule has 0 fully saturated rings. The van der Waals surface area contributed by atoms with Crippen LogP contribution in [0.1, 0.15) is 44.5 Å². The van der Waals surface area contributed by atoms with Crippen molar-refractivity contribution in [3.05, 3.63) is 287 Å². The third-order valence-corrected chi connectivity index (χ3v) is 64.9. The molecule has 0 aliphatic carbocycles. The molecule has 4 nitrogen and oxygen atoms in total. The Kier molecular flexibility index (Phi) is 21.3. The van der Waals surface area contributed by atoms with Gasteiger partial charge in [0.25, 0.3) is 0 Å². The van der Waals surface area contributed by atoms with Gasteiger partial charge in [0.15, 0.2) is 0 Å². The van der Waals surface area contributed by atoms with Crippen LogP contribution in [0.2, 0.25) is 0 Å². The van der Waals surface area contributed by atoms with Gasteiger partial charge in [0.1, 0.15) is 0 Å². The fraction of sp³-hybridized carbons (Fsp3) is 0.172. The van der Waals surface area contributed by atoms with Crippen molar-refractivity contribution < 1.29 is 8.97 Å². The topological polar surface area (TPSA) is 36.9 Å². The van der Waals surface area contributed by atoms with Crippen molar-refractivity contribution >= 4 is 78.8 Å². The molecule has 0 spiro atoms. The number of hydrogen-bond donors (Lipinski definition) is 0. The Hall–Kier alpha value is -3.21. The minimum atomic E-state index is -3.48. The fourth-order valence-electron chi connectivity index (χ4n) is 8.36. The second kappa shape index (κ2) is 27.7. The molecule has 0 amide bonds. The molecule has 334 valence electrons. The molecule has 0 atom stereocenters. The van der Waals surface area contributed by atoms with Gasteiger partial charge in [-0.05, 0) is 0 Å². The van der Waals surface area contributed by atoms with E-state index >= 15 is 0 Å². The van der Waals surface area contributed by atoms with E-state index in [1.54, 1.807) is 0 Å². The summed E-state index contributed by atoms with van der Waals surface area (Å²) in [5.74, 6) is 0. The molecule has 0 aliphatic rings. The molecule has 2 radical (unpaired) electrons. The average Bonchev–Trinajstić information content (AvgIpc) is 3.36. The third kappa shape index (κ3) is 17.1. The number of hydrogen-bond acceptors (Lipinski definition) is 4. The summed E-state index contributed by atoms with van der Waals surface area (Å²) in [4.78, 5) is 0. The summed E-state index contributed by atoms with van der Waals surface area (Å²) in [5.41, 5.74) is 10.9. The summed E-state index contributed by atoms with van der Waals surface area (Å²) in [5, 5.41) is 0. The molecule has 66 heavy (non-hydrogen) atoms. The van der Waals surface area contributed by atoms with E-state index in [2.05, 4.69) is 243 Å². The van der Waals surface area contributed by atoms with Gasteiger partial charge in [-0.15, -0.1) is 0 Å². The van der Waals surface area contributed by atoms with Crippen molar-refractivity contribution in [2.24, 2.45) is 0 Å². The Morgan fingerprint density at radius 3 is 0.591 bits per heavy atom. The van der Waals surface area contributed by atoms with E-state index in [0.717, 1.165) is 35.5 Å². The first-order chi connectivity index (χ1) is 32.5. The maximum absolute atomic E-state index is 7.39. The molecule has 8 aromatic rings. The Labute approximate surface area is 419 Å². The molecule has 0 aliphatic heterocycles. The van der Waals surface area contributed by atoms with Crippen molar-refractivity contribution in [2.45, 2.75) is 35.5 Å². The van der Waals surface area contributed by atoms with Gasteiger partial charge in [0, 0.05) is 0 Å². The average molecular weight is 1300 g/mol. The zero-order valence-electron chi connectivity index (χ0n) is 38.4. The standard InChI is InChI=1S/8C7H7.2CH3O.2O.4Sn/c8*1-7-5-3-2-4-6-7;2*1-2;;;;;;/h8*2-6H,1H2;2*1H3;;;;;;/q;;;;;;;;2*-1;;;;;2*+1. The Balaban J connectivity index is 0.000000196. The normalized spacial score (nSPS) is 11.6. The van der Waals surface area contributed by atoms with Crippen molar-refractivity contribution in [2.75, 3.05) is 14.2 Å². The predicted octanol–water partition coefficient (Wildman–Crippen LogP) is 12.4. The second-order valence-corrected chi connectivity index (χ2v) is 52.7. The van der Waals surface area contributed by atoms with Crippen LogP contribution in [-0.2, 0) is 44.5 Å². The molecule has 8 heteroatoms. The van der Waals surface area contributed by atoms with Crippen LogP contribution in [0.3, 0.4) is 0 Å².